The summed E-state index contributed by atoms with van der Waals surface area (Å²) >= 11 is 4.66. The zero-order valence-corrected chi connectivity index (χ0v) is 10.8. The number of aliphatic carboxylic acids is 1. The smallest absolute Gasteiger partial charge is 0.326 e. The van der Waals surface area contributed by atoms with Crippen molar-refractivity contribution in [2.24, 2.45) is 5.73 Å². The highest BCUT2D eigenvalue weighted by Crippen LogP contribution is 2.15. The molecule has 5 N–H and O–H groups in total. The van der Waals surface area contributed by atoms with E-state index in [1.165, 1.54) is 12.1 Å². The van der Waals surface area contributed by atoms with Crippen LogP contribution in [0.15, 0.2) is 24.3 Å². The normalized spacial score (nSPS) is 11.6. The van der Waals surface area contributed by atoms with Gasteiger partial charge in [-0.2, -0.15) is 0 Å². The fourth-order valence-corrected chi connectivity index (χ4v) is 1.56. The number of phenolic OH excluding ortho intramolecular Hbond substituents is 1. The van der Waals surface area contributed by atoms with Gasteiger partial charge in [-0.1, -0.05) is 24.4 Å². The molecule has 1 aromatic rings. The van der Waals surface area contributed by atoms with E-state index in [1.807, 2.05) is 0 Å². The molecular formula is C12H14N2O4S. The molecule has 1 unspecified atom stereocenters. The number of benzene rings is 1. The minimum Gasteiger partial charge on any atom is -0.507 e. The fourth-order valence-electron chi connectivity index (χ4n) is 1.45. The van der Waals surface area contributed by atoms with E-state index < -0.39 is 17.9 Å². The van der Waals surface area contributed by atoms with Crippen LogP contribution in [0.3, 0.4) is 0 Å². The van der Waals surface area contributed by atoms with Crippen LogP contribution in [0.25, 0.3) is 0 Å². The summed E-state index contributed by atoms with van der Waals surface area (Å²) in [6.07, 6.45) is 0.317. The maximum atomic E-state index is 11.8. The molecule has 0 saturated carbocycles. The summed E-state index contributed by atoms with van der Waals surface area (Å²) in [6.45, 7) is 0. The van der Waals surface area contributed by atoms with Crippen LogP contribution in [0, 0.1) is 0 Å². The third-order valence-corrected chi connectivity index (χ3v) is 2.64. The highest BCUT2D eigenvalue weighted by Gasteiger charge is 2.21. The first-order chi connectivity index (χ1) is 8.91. The molecule has 102 valence electrons. The van der Waals surface area contributed by atoms with E-state index >= 15 is 0 Å². The molecule has 0 aliphatic heterocycles. The second kappa shape index (κ2) is 6.69. The summed E-state index contributed by atoms with van der Waals surface area (Å²) in [7, 11) is 0. The number of thiocarbonyl (C=S) groups is 1. The minimum atomic E-state index is -1.18. The number of nitrogens with one attached hydrogen (secondary N) is 1. The molecule has 19 heavy (non-hydrogen) atoms. The van der Waals surface area contributed by atoms with Crippen molar-refractivity contribution in [2.75, 3.05) is 0 Å². The van der Waals surface area contributed by atoms with Crippen molar-refractivity contribution in [2.45, 2.75) is 18.9 Å². The predicted molar refractivity (Wildman–Crippen MR) is 73.0 cm³/mol. The van der Waals surface area contributed by atoms with Crippen molar-refractivity contribution < 1.29 is 19.8 Å². The molecule has 0 spiro atoms. The SMILES string of the molecule is NC(=S)CCC(NC(=O)c1ccccc1O)C(=O)O. The van der Waals surface area contributed by atoms with Crippen LogP contribution in [0.2, 0.25) is 0 Å². The van der Waals surface area contributed by atoms with Crippen LogP contribution in [0.5, 0.6) is 5.75 Å². The predicted octanol–water partition coefficient (Wildman–Crippen LogP) is 0.641. The minimum absolute atomic E-state index is 0.0177. The average molecular weight is 282 g/mol. The molecule has 1 atom stereocenters. The Kier molecular flexibility index (Phi) is 5.25. The number of aromatic hydroxyl groups is 1. The van der Waals surface area contributed by atoms with E-state index in [4.69, 9.17) is 10.8 Å². The number of amides is 1. The van der Waals surface area contributed by atoms with Crippen molar-refractivity contribution in [3.8, 4) is 5.75 Å². The monoisotopic (exact) mass is 282 g/mol. The molecule has 0 heterocycles. The number of rotatable bonds is 6. The number of carbonyl (C=O) groups is 2. The Morgan fingerprint density at radius 3 is 2.53 bits per heavy atom. The lowest BCUT2D eigenvalue weighted by molar-refractivity contribution is -0.139. The molecule has 0 radical (unpaired) electrons. The van der Waals surface area contributed by atoms with Crippen LogP contribution in [0.4, 0.5) is 0 Å². The van der Waals surface area contributed by atoms with Crippen molar-refractivity contribution in [1.82, 2.24) is 5.32 Å². The maximum absolute atomic E-state index is 11.8. The van der Waals surface area contributed by atoms with Gasteiger partial charge in [0.15, 0.2) is 0 Å². The van der Waals surface area contributed by atoms with Crippen LogP contribution >= 0.6 is 12.2 Å². The van der Waals surface area contributed by atoms with Crippen molar-refractivity contribution in [1.29, 1.82) is 0 Å². The van der Waals surface area contributed by atoms with Gasteiger partial charge in [0, 0.05) is 6.42 Å². The molecule has 0 saturated heterocycles. The van der Waals surface area contributed by atoms with E-state index in [2.05, 4.69) is 17.5 Å². The van der Waals surface area contributed by atoms with Gasteiger partial charge in [0.2, 0.25) is 0 Å². The van der Waals surface area contributed by atoms with Gasteiger partial charge >= 0.3 is 5.97 Å². The summed E-state index contributed by atoms with van der Waals surface area (Å²) < 4.78 is 0. The van der Waals surface area contributed by atoms with Crippen molar-refractivity contribution in [3.63, 3.8) is 0 Å². The molecular weight excluding hydrogens is 268 g/mol. The summed E-state index contributed by atoms with van der Waals surface area (Å²) in [5, 5.41) is 20.8. The molecule has 1 amide bonds. The van der Waals surface area contributed by atoms with E-state index in [9.17, 15) is 14.7 Å². The number of phenols is 1. The molecule has 1 aromatic carbocycles. The third kappa shape index (κ3) is 4.55. The number of carbonyl (C=O) groups excluding carboxylic acids is 1. The Morgan fingerprint density at radius 2 is 2.00 bits per heavy atom. The van der Waals surface area contributed by atoms with Gasteiger partial charge in [0.25, 0.3) is 5.91 Å². The lowest BCUT2D eigenvalue weighted by Gasteiger charge is -2.14. The van der Waals surface area contributed by atoms with E-state index in [-0.39, 0.29) is 29.1 Å². The zero-order valence-electron chi connectivity index (χ0n) is 10.00. The second-order valence-corrected chi connectivity index (χ2v) is 4.41. The molecule has 7 heteroatoms. The number of para-hydroxylation sites is 1. The maximum Gasteiger partial charge on any atom is 0.326 e. The summed E-state index contributed by atoms with van der Waals surface area (Å²) in [6, 6.07) is 4.78. The molecule has 0 fully saturated rings. The van der Waals surface area contributed by atoms with Crippen LogP contribution in [-0.4, -0.2) is 33.1 Å². The van der Waals surface area contributed by atoms with Crippen molar-refractivity contribution >= 4 is 29.1 Å². The Labute approximate surface area is 115 Å². The molecule has 6 nitrogen and oxygen atoms in total. The average Bonchev–Trinajstić information content (AvgIpc) is 2.34. The Bertz CT molecular complexity index is 504. The number of carboxylic acid groups (broad SMARTS) is 1. The first kappa shape index (κ1) is 14.9. The standard InChI is InChI=1S/C12H14N2O4S/c13-10(19)6-5-8(12(17)18)14-11(16)7-3-1-2-4-9(7)15/h1-4,8,15H,5-6H2,(H2,13,19)(H,14,16)(H,17,18). The van der Waals surface area contributed by atoms with E-state index in [1.54, 1.807) is 12.1 Å². The van der Waals surface area contributed by atoms with Gasteiger partial charge in [-0.25, -0.2) is 4.79 Å². The number of nitrogens with two attached hydrogens (primary N) is 1. The highest BCUT2D eigenvalue weighted by molar-refractivity contribution is 7.80. The van der Waals surface area contributed by atoms with Gasteiger partial charge in [-0.15, -0.1) is 0 Å². The largest absolute Gasteiger partial charge is 0.507 e. The fraction of sp³-hybridized carbons (Fsp3) is 0.250. The van der Waals surface area contributed by atoms with Gasteiger partial charge in [0.05, 0.1) is 10.6 Å². The Morgan fingerprint density at radius 1 is 1.37 bits per heavy atom. The van der Waals surface area contributed by atoms with Gasteiger partial charge in [0.1, 0.15) is 11.8 Å². The summed E-state index contributed by atoms with van der Waals surface area (Å²) in [5.74, 6) is -2.05. The molecule has 0 aliphatic rings. The molecule has 0 aromatic heterocycles. The quantitative estimate of drug-likeness (QED) is 0.570. The van der Waals surface area contributed by atoms with E-state index in [0.717, 1.165) is 0 Å². The van der Waals surface area contributed by atoms with Crippen LogP contribution in [-0.2, 0) is 4.79 Å². The van der Waals surface area contributed by atoms with Crippen LogP contribution < -0.4 is 11.1 Å². The number of hydrogen-bond acceptors (Lipinski definition) is 4. The zero-order chi connectivity index (χ0) is 14.4. The summed E-state index contributed by atoms with van der Waals surface area (Å²) in [5.41, 5.74) is 5.31. The first-order valence-corrected chi connectivity index (χ1v) is 5.92. The molecule has 1 rings (SSSR count). The van der Waals surface area contributed by atoms with Gasteiger partial charge < -0.3 is 21.3 Å². The number of carboxylic acids is 1. The lowest BCUT2D eigenvalue weighted by Crippen LogP contribution is -2.41. The first-order valence-electron chi connectivity index (χ1n) is 5.51. The van der Waals surface area contributed by atoms with Crippen molar-refractivity contribution in [3.05, 3.63) is 29.8 Å². The van der Waals surface area contributed by atoms with Crippen LogP contribution in [0.1, 0.15) is 23.2 Å². The molecule has 0 aliphatic carbocycles. The summed E-state index contributed by atoms with van der Waals surface area (Å²) in [4.78, 5) is 23.0. The third-order valence-electron chi connectivity index (χ3n) is 2.43. The second-order valence-electron chi connectivity index (χ2n) is 3.89. The Hall–Kier alpha value is -2.15. The lowest BCUT2D eigenvalue weighted by atomic mass is 10.1. The van der Waals surface area contributed by atoms with Gasteiger partial charge in [-0.05, 0) is 18.6 Å². The number of hydrogen-bond donors (Lipinski definition) is 4. The highest BCUT2D eigenvalue weighted by atomic mass is 32.1. The van der Waals surface area contributed by atoms with Gasteiger partial charge in [-0.3, -0.25) is 4.79 Å². The molecule has 0 bridgehead atoms. The Balaban J connectivity index is 2.74. The topological polar surface area (TPSA) is 113 Å². The van der Waals surface area contributed by atoms with E-state index in [0.29, 0.717) is 0 Å².